The molecule has 1 fully saturated rings. The molecule has 0 aromatic heterocycles. The van der Waals surface area contributed by atoms with Crippen molar-refractivity contribution in [3.63, 3.8) is 0 Å². The monoisotopic (exact) mass is 332 g/mol. The number of hydrogen-bond acceptors (Lipinski definition) is 4. The first-order valence-corrected chi connectivity index (χ1v) is 8.09. The topological polar surface area (TPSA) is 90.5 Å². The van der Waals surface area contributed by atoms with Gasteiger partial charge in [0.15, 0.2) is 0 Å². The third-order valence-corrected chi connectivity index (χ3v) is 3.75. The van der Waals surface area contributed by atoms with Crippen LogP contribution in [0.4, 0.5) is 11.4 Å². The minimum Gasteiger partial charge on any atom is -0.352 e. The van der Waals surface area contributed by atoms with E-state index in [1.807, 2.05) is 4.90 Å². The second kappa shape index (κ2) is 8.44. The molecule has 0 bridgehead atoms. The highest BCUT2D eigenvalue weighted by Crippen LogP contribution is 2.15. The van der Waals surface area contributed by atoms with Gasteiger partial charge in [-0.3, -0.25) is 19.3 Å². The van der Waals surface area contributed by atoms with E-state index in [1.54, 1.807) is 24.3 Å². The maximum Gasteiger partial charge on any atom is 0.238 e. The molecule has 1 aliphatic heterocycles. The predicted octanol–water partition coefficient (Wildman–Crippen LogP) is 1.18. The first-order chi connectivity index (χ1) is 11.4. The lowest BCUT2D eigenvalue weighted by atomic mass is 10.1. The van der Waals surface area contributed by atoms with Crippen LogP contribution >= 0.6 is 0 Å². The lowest BCUT2D eigenvalue weighted by Crippen LogP contribution is -2.49. The fourth-order valence-corrected chi connectivity index (χ4v) is 2.89. The van der Waals surface area contributed by atoms with Gasteiger partial charge in [0.1, 0.15) is 0 Å². The zero-order valence-corrected chi connectivity index (χ0v) is 14.1. The van der Waals surface area contributed by atoms with Gasteiger partial charge in [-0.2, -0.15) is 0 Å². The molecule has 3 N–H and O–H groups in total. The largest absolute Gasteiger partial charge is 0.352 e. The van der Waals surface area contributed by atoms with Gasteiger partial charge in [0.2, 0.25) is 17.7 Å². The number of carbonyl (C=O) groups is 3. The molecule has 7 nitrogen and oxygen atoms in total. The van der Waals surface area contributed by atoms with Crippen LogP contribution in [0.5, 0.6) is 0 Å². The number of likely N-dealkylation sites (tertiary alicyclic amines) is 1. The van der Waals surface area contributed by atoms with Crippen molar-refractivity contribution in [1.82, 2.24) is 10.2 Å². The minimum absolute atomic E-state index is 0.0407. The summed E-state index contributed by atoms with van der Waals surface area (Å²) in [6.07, 6.45) is 1.90. The summed E-state index contributed by atoms with van der Waals surface area (Å²) in [7, 11) is 0. The van der Waals surface area contributed by atoms with Crippen molar-refractivity contribution in [2.45, 2.75) is 32.7 Å². The van der Waals surface area contributed by atoms with Gasteiger partial charge in [-0.25, -0.2) is 0 Å². The van der Waals surface area contributed by atoms with E-state index >= 15 is 0 Å². The molecule has 1 aromatic rings. The van der Waals surface area contributed by atoms with E-state index in [9.17, 15) is 14.4 Å². The van der Waals surface area contributed by atoms with E-state index in [-0.39, 0.29) is 30.3 Å². The summed E-state index contributed by atoms with van der Waals surface area (Å²) in [5.74, 6) is -0.310. The molecule has 1 heterocycles. The van der Waals surface area contributed by atoms with Gasteiger partial charge in [-0.05, 0) is 37.6 Å². The number of nitrogens with one attached hydrogen (secondary N) is 3. The Balaban J connectivity index is 1.86. The van der Waals surface area contributed by atoms with Crippen LogP contribution < -0.4 is 16.0 Å². The SMILES string of the molecule is CC(=O)Nc1cccc(NC(=O)CN2CCCC(NC(C)=O)C2)c1. The van der Waals surface area contributed by atoms with Crippen LogP contribution in [0.25, 0.3) is 0 Å². The van der Waals surface area contributed by atoms with E-state index in [2.05, 4.69) is 16.0 Å². The van der Waals surface area contributed by atoms with E-state index in [0.717, 1.165) is 19.4 Å². The summed E-state index contributed by atoms with van der Waals surface area (Å²) in [5, 5.41) is 8.43. The fourth-order valence-electron chi connectivity index (χ4n) is 2.89. The Kier molecular flexibility index (Phi) is 6.31. The zero-order chi connectivity index (χ0) is 17.5. The minimum atomic E-state index is -0.157. The van der Waals surface area contributed by atoms with Crippen molar-refractivity contribution in [2.75, 3.05) is 30.3 Å². The molecular weight excluding hydrogens is 308 g/mol. The van der Waals surface area contributed by atoms with E-state index < -0.39 is 0 Å². The Bertz CT molecular complexity index is 618. The predicted molar refractivity (Wildman–Crippen MR) is 92.7 cm³/mol. The number of anilines is 2. The Hall–Kier alpha value is -2.41. The Morgan fingerprint density at radius 3 is 2.50 bits per heavy atom. The van der Waals surface area contributed by atoms with Gasteiger partial charge < -0.3 is 16.0 Å². The molecule has 0 spiro atoms. The summed E-state index contributed by atoms with van der Waals surface area (Å²) in [5.41, 5.74) is 1.28. The van der Waals surface area contributed by atoms with Gasteiger partial charge in [0, 0.05) is 37.8 Å². The molecule has 0 saturated carbocycles. The van der Waals surface area contributed by atoms with Crippen molar-refractivity contribution in [1.29, 1.82) is 0 Å². The summed E-state index contributed by atoms with van der Waals surface area (Å²) in [4.78, 5) is 36.5. The standard InChI is InChI=1S/C17H24N4O3/c1-12(22)18-14-5-3-6-15(9-14)20-17(24)11-21-8-4-7-16(10-21)19-13(2)23/h3,5-6,9,16H,4,7-8,10-11H2,1-2H3,(H,18,22)(H,19,23)(H,20,24). The maximum atomic E-state index is 12.2. The third kappa shape index (κ3) is 6.00. The van der Waals surface area contributed by atoms with Crippen LogP contribution in [0.2, 0.25) is 0 Å². The van der Waals surface area contributed by atoms with Crippen molar-refractivity contribution < 1.29 is 14.4 Å². The number of benzene rings is 1. The molecule has 1 unspecified atom stereocenters. The van der Waals surface area contributed by atoms with Crippen molar-refractivity contribution in [3.05, 3.63) is 24.3 Å². The van der Waals surface area contributed by atoms with Crippen LogP contribution in [-0.2, 0) is 14.4 Å². The number of nitrogens with zero attached hydrogens (tertiary/aromatic N) is 1. The second-order valence-electron chi connectivity index (χ2n) is 6.08. The van der Waals surface area contributed by atoms with Crippen molar-refractivity contribution >= 4 is 29.1 Å². The maximum absolute atomic E-state index is 12.2. The molecule has 1 saturated heterocycles. The molecule has 0 radical (unpaired) electrons. The average molecular weight is 332 g/mol. The normalized spacial score (nSPS) is 17.8. The quantitative estimate of drug-likeness (QED) is 0.755. The lowest BCUT2D eigenvalue weighted by molar-refractivity contribution is -0.120. The highest BCUT2D eigenvalue weighted by molar-refractivity contribution is 5.94. The highest BCUT2D eigenvalue weighted by atomic mass is 16.2. The number of piperidine rings is 1. The highest BCUT2D eigenvalue weighted by Gasteiger charge is 2.22. The van der Waals surface area contributed by atoms with Gasteiger partial charge in [0.05, 0.1) is 6.54 Å². The first kappa shape index (κ1) is 17.9. The van der Waals surface area contributed by atoms with Crippen LogP contribution in [0.3, 0.4) is 0 Å². The summed E-state index contributed by atoms with van der Waals surface area (Å²) in [6.45, 7) is 4.75. The Morgan fingerprint density at radius 1 is 1.12 bits per heavy atom. The van der Waals surface area contributed by atoms with Gasteiger partial charge in [0.25, 0.3) is 0 Å². The van der Waals surface area contributed by atoms with E-state index in [4.69, 9.17) is 0 Å². The molecule has 1 aromatic carbocycles. The summed E-state index contributed by atoms with van der Waals surface area (Å²) < 4.78 is 0. The average Bonchev–Trinajstić information content (AvgIpc) is 2.46. The van der Waals surface area contributed by atoms with Gasteiger partial charge in [-0.1, -0.05) is 6.07 Å². The van der Waals surface area contributed by atoms with Crippen molar-refractivity contribution in [2.24, 2.45) is 0 Å². The van der Waals surface area contributed by atoms with Crippen LogP contribution in [0.1, 0.15) is 26.7 Å². The van der Waals surface area contributed by atoms with E-state index in [0.29, 0.717) is 17.9 Å². The fraction of sp³-hybridized carbons (Fsp3) is 0.471. The zero-order valence-electron chi connectivity index (χ0n) is 14.1. The molecule has 24 heavy (non-hydrogen) atoms. The second-order valence-corrected chi connectivity index (χ2v) is 6.08. The molecule has 1 atom stereocenters. The number of rotatable bonds is 5. The van der Waals surface area contributed by atoms with Crippen LogP contribution in [0.15, 0.2) is 24.3 Å². The molecule has 1 aliphatic rings. The number of carbonyl (C=O) groups excluding carboxylic acids is 3. The summed E-state index contributed by atoms with van der Waals surface area (Å²) >= 11 is 0. The number of hydrogen-bond donors (Lipinski definition) is 3. The smallest absolute Gasteiger partial charge is 0.238 e. The Labute approximate surface area is 141 Å². The number of amides is 3. The van der Waals surface area contributed by atoms with E-state index in [1.165, 1.54) is 13.8 Å². The third-order valence-electron chi connectivity index (χ3n) is 3.75. The molecule has 3 amide bonds. The van der Waals surface area contributed by atoms with Gasteiger partial charge >= 0.3 is 0 Å². The molecule has 7 heteroatoms. The molecule has 0 aliphatic carbocycles. The summed E-state index contributed by atoms with van der Waals surface area (Å²) in [6, 6.07) is 7.14. The van der Waals surface area contributed by atoms with Crippen LogP contribution in [-0.4, -0.2) is 48.3 Å². The molecular formula is C17H24N4O3. The lowest BCUT2D eigenvalue weighted by Gasteiger charge is -2.32. The van der Waals surface area contributed by atoms with Crippen LogP contribution in [0, 0.1) is 0 Å². The van der Waals surface area contributed by atoms with Crippen molar-refractivity contribution in [3.8, 4) is 0 Å². The Morgan fingerprint density at radius 2 is 1.83 bits per heavy atom. The molecule has 2 rings (SSSR count). The molecule has 130 valence electrons. The first-order valence-electron chi connectivity index (χ1n) is 8.09. The van der Waals surface area contributed by atoms with Gasteiger partial charge in [-0.15, -0.1) is 0 Å².